The van der Waals surface area contributed by atoms with Crippen molar-refractivity contribution < 1.29 is 4.79 Å². The highest BCUT2D eigenvalue weighted by Gasteiger charge is 2.23. The summed E-state index contributed by atoms with van der Waals surface area (Å²) >= 11 is 1.81. The number of hydrogen-bond acceptors (Lipinski definition) is 5. The quantitative estimate of drug-likeness (QED) is 0.520. The van der Waals surface area contributed by atoms with E-state index in [1.807, 2.05) is 34.7 Å². The first kappa shape index (κ1) is 18.3. The van der Waals surface area contributed by atoms with Gasteiger partial charge in [-0.15, -0.1) is 16.4 Å². The van der Waals surface area contributed by atoms with Crippen LogP contribution in [0.15, 0.2) is 47.8 Å². The van der Waals surface area contributed by atoms with Gasteiger partial charge in [-0.2, -0.15) is 0 Å². The van der Waals surface area contributed by atoms with E-state index in [4.69, 9.17) is 0 Å². The van der Waals surface area contributed by atoms with E-state index < -0.39 is 0 Å². The van der Waals surface area contributed by atoms with E-state index in [1.54, 1.807) is 11.3 Å². The highest BCUT2D eigenvalue weighted by molar-refractivity contribution is 7.17. The Morgan fingerprint density at radius 2 is 1.93 bits per heavy atom. The second-order valence-corrected chi connectivity index (χ2v) is 8.35. The van der Waals surface area contributed by atoms with Crippen molar-refractivity contribution in [1.82, 2.24) is 24.8 Å². The van der Waals surface area contributed by atoms with Crippen molar-refractivity contribution >= 4 is 38.4 Å². The molecule has 6 nitrogen and oxygen atoms in total. The van der Waals surface area contributed by atoms with Gasteiger partial charge in [-0.3, -0.25) is 9.69 Å². The molecule has 0 bridgehead atoms. The van der Waals surface area contributed by atoms with Gasteiger partial charge in [0, 0.05) is 49.5 Å². The molecule has 0 N–H and O–H groups in total. The Morgan fingerprint density at radius 1 is 1.10 bits per heavy atom. The van der Waals surface area contributed by atoms with Crippen molar-refractivity contribution in [3.63, 3.8) is 0 Å². The summed E-state index contributed by atoms with van der Waals surface area (Å²) in [6.07, 6.45) is 0. The molecule has 2 aromatic carbocycles. The van der Waals surface area contributed by atoms with Crippen LogP contribution < -0.4 is 0 Å². The molecule has 1 saturated heterocycles. The van der Waals surface area contributed by atoms with Gasteiger partial charge in [0.25, 0.3) is 5.91 Å². The summed E-state index contributed by atoms with van der Waals surface area (Å²) in [4.78, 5) is 17.4. The van der Waals surface area contributed by atoms with Crippen molar-refractivity contribution in [3.05, 3.63) is 59.0 Å². The number of piperazine rings is 1. The Hall–Kier alpha value is -2.77. The second-order valence-electron chi connectivity index (χ2n) is 7.43. The van der Waals surface area contributed by atoms with Crippen LogP contribution >= 0.6 is 11.3 Å². The lowest BCUT2D eigenvalue weighted by molar-refractivity contribution is 0.0629. The summed E-state index contributed by atoms with van der Waals surface area (Å²) in [5.74, 6) is 0.0820. The first-order valence-corrected chi connectivity index (χ1v) is 10.9. The molecule has 4 aromatic rings. The number of aromatic nitrogens is 3. The summed E-state index contributed by atoms with van der Waals surface area (Å²) in [5.41, 5.74) is 3.82. The standard InChI is InChI=1S/C22H23N5OS/c1-2-27-20-8-7-16(13-19(20)23-24-27)22(28)26-11-9-25(10-12-26)14-17-15-29-21-6-4-3-5-18(17)21/h3-8,13,15H,2,9-12,14H2,1H3. The number of carbonyl (C=O) groups is 1. The first-order chi connectivity index (χ1) is 14.2. The minimum Gasteiger partial charge on any atom is -0.336 e. The molecule has 1 fully saturated rings. The summed E-state index contributed by atoms with van der Waals surface area (Å²) in [5, 5.41) is 11.9. The van der Waals surface area contributed by atoms with Crippen LogP contribution in [0, 0.1) is 0 Å². The Kier molecular flexibility index (Phi) is 4.77. The molecule has 0 aliphatic carbocycles. The zero-order valence-electron chi connectivity index (χ0n) is 16.4. The van der Waals surface area contributed by atoms with Crippen LogP contribution in [0.4, 0.5) is 0 Å². The first-order valence-electron chi connectivity index (χ1n) is 10.0. The smallest absolute Gasteiger partial charge is 0.254 e. The maximum absolute atomic E-state index is 13.0. The van der Waals surface area contributed by atoms with E-state index in [-0.39, 0.29) is 5.91 Å². The Bertz CT molecular complexity index is 1170. The molecule has 1 amide bonds. The van der Waals surface area contributed by atoms with Crippen LogP contribution in [0.1, 0.15) is 22.8 Å². The van der Waals surface area contributed by atoms with Crippen LogP contribution in [-0.4, -0.2) is 56.9 Å². The monoisotopic (exact) mass is 405 g/mol. The van der Waals surface area contributed by atoms with E-state index in [0.717, 1.165) is 50.3 Å². The van der Waals surface area contributed by atoms with Gasteiger partial charge in [0.2, 0.25) is 0 Å². The lowest BCUT2D eigenvalue weighted by atomic mass is 10.1. The number of amides is 1. The van der Waals surface area contributed by atoms with Crippen LogP contribution in [0.3, 0.4) is 0 Å². The Labute approximate surface area is 173 Å². The average Bonchev–Trinajstić information content (AvgIpc) is 3.37. The third-order valence-corrected chi connectivity index (χ3v) is 6.69. The number of carbonyl (C=O) groups excluding carboxylic acids is 1. The number of aryl methyl sites for hydroxylation is 1. The zero-order valence-corrected chi connectivity index (χ0v) is 17.2. The molecule has 0 atom stereocenters. The number of thiophene rings is 1. The lowest BCUT2D eigenvalue weighted by Gasteiger charge is -2.34. The molecule has 0 unspecified atom stereocenters. The number of nitrogens with zero attached hydrogens (tertiary/aromatic N) is 5. The highest BCUT2D eigenvalue weighted by Crippen LogP contribution is 2.27. The minimum atomic E-state index is 0.0820. The van der Waals surface area contributed by atoms with Gasteiger partial charge >= 0.3 is 0 Å². The molecule has 7 heteroatoms. The molecule has 0 spiro atoms. The van der Waals surface area contributed by atoms with Crippen LogP contribution in [0.2, 0.25) is 0 Å². The van der Waals surface area contributed by atoms with E-state index in [9.17, 15) is 4.79 Å². The van der Waals surface area contributed by atoms with E-state index >= 15 is 0 Å². The van der Waals surface area contributed by atoms with Gasteiger partial charge in [0.05, 0.1) is 5.52 Å². The minimum absolute atomic E-state index is 0.0820. The fourth-order valence-corrected chi connectivity index (χ4v) is 4.98. The van der Waals surface area contributed by atoms with Crippen LogP contribution in [0.25, 0.3) is 21.1 Å². The predicted molar refractivity (Wildman–Crippen MR) is 116 cm³/mol. The molecule has 5 rings (SSSR count). The van der Waals surface area contributed by atoms with Crippen molar-refractivity contribution in [3.8, 4) is 0 Å². The van der Waals surface area contributed by atoms with E-state index in [2.05, 4.69) is 44.9 Å². The molecule has 2 aromatic heterocycles. The van der Waals surface area contributed by atoms with Crippen molar-refractivity contribution in [2.24, 2.45) is 0 Å². The largest absolute Gasteiger partial charge is 0.336 e. The second kappa shape index (κ2) is 7.57. The molecule has 1 aliphatic rings. The van der Waals surface area contributed by atoms with Gasteiger partial charge in [0.1, 0.15) is 5.52 Å². The topological polar surface area (TPSA) is 54.3 Å². The summed E-state index contributed by atoms with van der Waals surface area (Å²) in [6.45, 7) is 7.03. The maximum atomic E-state index is 13.0. The fourth-order valence-electron chi connectivity index (χ4n) is 4.03. The lowest BCUT2D eigenvalue weighted by Crippen LogP contribution is -2.48. The summed E-state index contributed by atoms with van der Waals surface area (Å²) < 4.78 is 3.18. The third kappa shape index (κ3) is 3.41. The summed E-state index contributed by atoms with van der Waals surface area (Å²) in [7, 11) is 0. The van der Waals surface area contributed by atoms with Gasteiger partial charge in [-0.05, 0) is 47.5 Å². The molecule has 1 aliphatic heterocycles. The van der Waals surface area contributed by atoms with Gasteiger partial charge in [0.15, 0.2) is 0 Å². The van der Waals surface area contributed by atoms with Gasteiger partial charge in [-0.25, -0.2) is 4.68 Å². The molecule has 29 heavy (non-hydrogen) atoms. The summed E-state index contributed by atoms with van der Waals surface area (Å²) in [6, 6.07) is 14.3. The van der Waals surface area contributed by atoms with Crippen molar-refractivity contribution in [2.75, 3.05) is 26.2 Å². The van der Waals surface area contributed by atoms with Gasteiger partial charge in [-0.1, -0.05) is 23.4 Å². The SMILES string of the molecule is CCn1nnc2cc(C(=O)N3CCN(Cc4csc5ccccc45)CC3)ccc21. The molecule has 0 radical (unpaired) electrons. The molecule has 3 heterocycles. The number of fused-ring (bicyclic) bond motifs is 2. The van der Waals surface area contributed by atoms with E-state index in [1.165, 1.54) is 15.6 Å². The van der Waals surface area contributed by atoms with Crippen LogP contribution in [0.5, 0.6) is 0 Å². The van der Waals surface area contributed by atoms with Crippen molar-refractivity contribution in [2.45, 2.75) is 20.0 Å². The Balaban J connectivity index is 1.25. The number of benzene rings is 2. The number of rotatable bonds is 4. The predicted octanol–water partition coefficient (Wildman–Crippen LogP) is 3.62. The average molecular weight is 406 g/mol. The fraction of sp³-hybridized carbons (Fsp3) is 0.318. The molecule has 148 valence electrons. The third-order valence-electron chi connectivity index (χ3n) is 5.68. The van der Waals surface area contributed by atoms with Crippen molar-refractivity contribution in [1.29, 1.82) is 0 Å². The van der Waals surface area contributed by atoms with Crippen LogP contribution in [-0.2, 0) is 13.1 Å². The maximum Gasteiger partial charge on any atom is 0.254 e. The zero-order chi connectivity index (χ0) is 19.8. The Morgan fingerprint density at radius 3 is 2.76 bits per heavy atom. The highest BCUT2D eigenvalue weighted by atomic mass is 32.1. The number of hydrogen-bond donors (Lipinski definition) is 0. The van der Waals surface area contributed by atoms with Gasteiger partial charge < -0.3 is 4.90 Å². The molecule has 0 saturated carbocycles. The molecular formula is C22H23N5OS. The molecular weight excluding hydrogens is 382 g/mol. The van der Waals surface area contributed by atoms with E-state index in [0.29, 0.717) is 5.56 Å². The normalized spacial score (nSPS) is 15.4.